The molecule has 5 aromatic rings. The average molecular weight is 393 g/mol. The van der Waals surface area contributed by atoms with Crippen molar-refractivity contribution >= 4 is 31.5 Å². The molecule has 0 aliphatic rings. The van der Waals surface area contributed by atoms with Crippen molar-refractivity contribution in [3.05, 3.63) is 95.1 Å². The van der Waals surface area contributed by atoms with Crippen molar-refractivity contribution in [1.82, 2.24) is 0 Å². The Kier molecular flexibility index (Phi) is 4.29. The quantitative estimate of drug-likeness (QED) is 0.282. The van der Waals surface area contributed by atoms with Crippen molar-refractivity contribution in [2.45, 2.75) is 27.7 Å². The van der Waals surface area contributed by atoms with Crippen LogP contribution in [0.25, 0.3) is 42.4 Å². The Hall–Kier alpha value is -2.90. The molecule has 142 valence electrons. The molecule has 0 N–H and O–H groups in total. The SMILES string of the molecule is Cc1ccccc1-c1ccc(-c2cc3sc4ccccc4c3cc2C)c(C)c1C. The molecule has 1 heterocycles. The van der Waals surface area contributed by atoms with Crippen LogP contribution in [0.3, 0.4) is 0 Å². The van der Waals surface area contributed by atoms with Gasteiger partial charge in [-0.2, -0.15) is 0 Å². The van der Waals surface area contributed by atoms with Gasteiger partial charge < -0.3 is 0 Å². The third-order valence-corrected chi connectivity index (χ3v) is 7.37. The Morgan fingerprint density at radius 3 is 1.90 bits per heavy atom. The molecule has 0 aliphatic heterocycles. The van der Waals surface area contributed by atoms with E-state index in [4.69, 9.17) is 0 Å². The van der Waals surface area contributed by atoms with Crippen LogP contribution in [0, 0.1) is 27.7 Å². The number of benzene rings is 4. The predicted molar refractivity (Wildman–Crippen MR) is 129 cm³/mol. The monoisotopic (exact) mass is 392 g/mol. The van der Waals surface area contributed by atoms with Gasteiger partial charge in [-0.3, -0.25) is 0 Å². The van der Waals surface area contributed by atoms with E-state index in [1.807, 2.05) is 11.3 Å². The zero-order chi connectivity index (χ0) is 20.1. The second-order valence-electron chi connectivity index (χ2n) is 7.99. The topological polar surface area (TPSA) is 0 Å². The van der Waals surface area contributed by atoms with E-state index >= 15 is 0 Å². The molecule has 5 rings (SSSR count). The number of aryl methyl sites for hydroxylation is 2. The summed E-state index contributed by atoms with van der Waals surface area (Å²) in [5.74, 6) is 0. The van der Waals surface area contributed by atoms with Gasteiger partial charge in [-0.25, -0.2) is 0 Å². The van der Waals surface area contributed by atoms with Gasteiger partial charge in [0.05, 0.1) is 0 Å². The Morgan fingerprint density at radius 1 is 0.483 bits per heavy atom. The molecule has 4 aromatic carbocycles. The Balaban J connectivity index is 1.71. The first-order valence-corrected chi connectivity index (χ1v) is 10.9. The van der Waals surface area contributed by atoms with E-state index in [0.717, 1.165) is 0 Å². The lowest BCUT2D eigenvalue weighted by molar-refractivity contribution is 1.32. The summed E-state index contributed by atoms with van der Waals surface area (Å²) >= 11 is 1.89. The molecule has 0 saturated carbocycles. The highest BCUT2D eigenvalue weighted by Crippen LogP contribution is 2.40. The van der Waals surface area contributed by atoms with Crippen LogP contribution in [-0.4, -0.2) is 0 Å². The molecule has 0 amide bonds. The highest BCUT2D eigenvalue weighted by Gasteiger charge is 2.14. The van der Waals surface area contributed by atoms with E-state index in [1.54, 1.807) is 0 Å². The summed E-state index contributed by atoms with van der Waals surface area (Å²) in [7, 11) is 0. The first-order valence-electron chi connectivity index (χ1n) is 10.1. The lowest BCUT2D eigenvalue weighted by atomic mass is 9.88. The van der Waals surface area contributed by atoms with Crippen molar-refractivity contribution in [2.24, 2.45) is 0 Å². The van der Waals surface area contributed by atoms with Gasteiger partial charge in [0.25, 0.3) is 0 Å². The van der Waals surface area contributed by atoms with Crippen LogP contribution < -0.4 is 0 Å². The minimum Gasteiger partial charge on any atom is -0.135 e. The molecule has 0 nitrogen and oxygen atoms in total. The van der Waals surface area contributed by atoms with E-state index in [2.05, 4.69) is 100 Å². The number of thiophene rings is 1. The molecule has 0 bridgehead atoms. The maximum atomic E-state index is 2.39. The smallest absolute Gasteiger partial charge is 0.0361 e. The standard InChI is InChI=1S/C28H24S/c1-17-9-5-6-10-21(17)22-13-14-23(20(4)19(22)3)25-16-28-26(15-18(25)2)24-11-7-8-12-27(24)29-28/h5-16H,1-4H3. The van der Waals surface area contributed by atoms with Gasteiger partial charge in [0.2, 0.25) is 0 Å². The molecular formula is C28H24S. The van der Waals surface area contributed by atoms with Crippen LogP contribution in [0.5, 0.6) is 0 Å². The predicted octanol–water partition coefficient (Wildman–Crippen LogP) is 8.62. The normalized spacial score (nSPS) is 11.4. The summed E-state index contributed by atoms with van der Waals surface area (Å²) in [6, 6.07) is 26.8. The van der Waals surface area contributed by atoms with Crippen LogP contribution in [-0.2, 0) is 0 Å². The van der Waals surface area contributed by atoms with Gasteiger partial charge in [0, 0.05) is 20.2 Å². The highest BCUT2D eigenvalue weighted by atomic mass is 32.1. The van der Waals surface area contributed by atoms with E-state index in [9.17, 15) is 0 Å². The fourth-order valence-corrected chi connectivity index (χ4v) is 5.58. The zero-order valence-corrected chi connectivity index (χ0v) is 18.2. The molecule has 0 radical (unpaired) electrons. The molecule has 29 heavy (non-hydrogen) atoms. The molecule has 0 saturated heterocycles. The zero-order valence-electron chi connectivity index (χ0n) is 17.3. The molecule has 1 aromatic heterocycles. The second-order valence-corrected chi connectivity index (χ2v) is 9.07. The number of hydrogen-bond donors (Lipinski definition) is 0. The Bertz CT molecular complexity index is 1380. The molecule has 0 unspecified atom stereocenters. The first kappa shape index (κ1) is 18.1. The fraction of sp³-hybridized carbons (Fsp3) is 0.143. The van der Waals surface area contributed by atoms with Crippen LogP contribution in [0.1, 0.15) is 22.3 Å². The molecule has 0 aliphatic carbocycles. The van der Waals surface area contributed by atoms with Crippen LogP contribution in [0.15, 0.2) is 72.8 Å². The van der Waals surface area contributed by atoms with Crippen LogP contribution in [0.4, 0.5) is 0 Å². The molecular weight excluding hydrogens is 368 g/mol. The summed E-state index contributed by atoms with van der Waals surface area (Å²) < 4.78 is 2.73. The van der Waals surface area contributed by atoms with E-state index in [1.165, 1.54) is 64.7 Å². The van der Waals surface area contributed by atoms with Gasteiger partial charge in [-0.15, -0.1) is 11.3 Å². The number of hydrogen-bond acceptors (Lipinski definition) is 1. The van der Waals surface area contributed by atoms with Gasteiger partial charge in [0.15, 0.2) is 0 Å². The maximum Gasteiger partial charge on any atom is 0.0361 e. The van der Waals surface area contributed by atoms with Crippen molar-refractivity contribution < 1.29 is 0 Å². The summed E-state index contributed by atoms with van der Waals surface area (Å²) in [5, 5.41) is 2.74. The molecule has 0 spiro atoms. The third kappa shape index (κ3) is 2.89. The summed E-state index contributed by atoms with van der Waals surface area (Å²) in [5.41, 5.74) is 10.8. The molecule has 0 fully saturated rings. The number of fused-ring (bicyclic) bond motifs is 3. The van der Waals surface area contributed by atoms with Gasteiger partial charge in [-0.05, 0) is 90.4 Å². The Morgan fingerprint density at radius 2 is 1.14 bits per heavy atom. The van der Waals surface area contributed by atoms with E-state index in [0.29, 0.717) is 0 Å². The largest absolute Gasteiger partial charge is 0.135 e. The van der Waals surface area contributed by atoms with Gasteiger partial charge in [-0.1, -0.05) is 54.6 Å². The average Bonchev–Trinajstić information content (AvgIpc) is 3.08. The van der Waals surface area contributed by atoms with Crippen LogP contribution in [0.2, 0.25) is 0 Å². The van der Waals surface area contributed by atoms with Crippen molar-refractivity contribution in [3.8, 4) is 22.3 Å². The third-order valence-electron chi connectivity index (χ3n) is 6.24. The van der Waals surface area contributed by atoms with Crippen LogP contribution >= 0.6 is 11.3 Å². The number of rotatable bonds is 2. The van der Waals surface area contributed by atoms with E-state index in [-0.39, 0.29) is 0 Å². The lowest BCUT2D eigenvalue weighted by Crippen LogP contribution is -1.94. The van der Waals surface area contributed by atoms with E-state index < -0.39 is 0 Å². The minimum atomic E-state index is 1.32. The van der Waals surface area contributed by atoms with Gasteiger partial charge in [0.1, 0.15) is 0 Å². The van der Waals surface area contributed by atoms with Gasteiger partial charge >= 0.3 is 0 Å². The lowest BCUT2D eigenvalue weighted by Gasteiger charge is -2.17. The Labute approximate surface area is 176 Å². The molecule has 1 heteroatoms. The second kappa shape index (κ2) is 6.86. The summed E-state index contributed by atoms with van der Waals surface area (Å²) in [4.78, 5) is 0. The first-order chi connectivity index (χ1) is 14.0. The summed E-state index contributed by atoms with van der Waals surface area (Å²) in [6.07, 6.45) is 0. The summed E-state index contributed by atoms with van der Waals surface area (Å²) in [6.45, 7) is 8.96. The minimum absolute atomic E-state index is 1.32. The van der Waals surface area contributed by atoms with Crippen molar-refractivity contribution in [1.29, 1.82) is 0 Å². The van der Waals surface area contributed by atoms with Crippen molar-refractivity contribution in [3.63, 3.8) is 0 Å². The van der Waals surface area contributed by atoms with Crippen molar-refractivity contribution in [2.75, 3.05) is 0 Å². The highest BCUT2D eigenvalue weighted by molar-refractivity contribution is 7.25. The molecule has 0 atom stereocenters. The maximum absolute atomic E-state index is 2.39. The fourth-order valence-electron chi connectivity index (χ4n) is 4.45.